The first-order valence-electron chi connectivity index (χ1n) is 7.33. The summed E-state index contributed by atoms with van der Waals surface area (Å²) in [5, 5.41) is 3.06. The maximum absolute atomic E-state index is 12.0. The quantitative estimate of drug-likeness (QED) is 0.452. The Morgan fingerprint density at radius 3 is 2.92 bits per heavy atom. The van der Waals surface area contributed by atoms with Crippen LogP contribution in [0.3, 0.4) is 0 Å². The monoisotopic (exact) mass is 347 g/mol. The van der Waals surface area contributed by atoms with Crippen molar-refractivity contribution in [3.63, 3.8) is 0 Å². The Balaban J connectivity index is 1.91. The molecule has 2 aromatic rings. The van der Waals surface area contributed by atoms with Crippen molar-refractivity contribution in [2.45, 2.75) is 18.5 Å². The molecule has 1 amide bonds. The second kappa shape index (κ2) is 8.88. The lowest BCUT2D eigenvalue weighted by molar-refractivity contribution is -0.113. The summed E-state index contributed by atoms with van der Waals surface area (Å²) in [6, 6.07) is 7.83. The maximum Gasteiger partial charge on any atom is 0.338 e. The minimum atomic E-state index is -0.423. The van der Waals surface area contributed by atoms with Crippen LogP contribution in [0.4, 0.5) is 5.69 Å². The van der Waals surface area contributed by atoms with E-state index in [1.54, 1.807) is 24.3 Å². The van der Waals surface area contributed by atoms with Crippen LogP contribution in [-0.2, 0) is 9.53 Å². The van der Waals surface area contributed by atoms with Gasteiger partial charge in [0.25, 0.3) is 5.56 Å². The summed E-state index contributed by atoms with van der Waals surface area (Å²) < 4.78 is 5.06. The van der Waals surface area contributed by atoms with Gasteiger partial charge in [-0.15, -0.1) is 0 Å². The average molecular weight is 347 g/mol. The smallest absolute Gasteiger partial charge is 0.338 e. The lowest BCUT2D eigenvalue weighted by Crippen LogP contribution is -2.15. The largest absolute Gasteiger partial charge is 0.462 e. The fraction of sp³-hybridized carbons (Fsp3) is 0.250. The van der Waals surface area contributed by atoms with Crippen LogP contribution in [0.1, 0.15) is 23.7 Å². The summed E-state index contributed by atoms with van der Waals surface area (Å²) >= 11 is 1.11. The molecule has 2 rings (SSSR count). The highest BCUT2D eigenvalue weighted by atomic mass is 32.2. The zero-order chi connectivity index (χ0) is 17.4. The number of thioether (sulfide) groups is 1. The Kier molecular flexibility index (Phi) is 6.56. The Labute approximate surface area is 142 Å². The van der Waals surface area contributed by atoms with Crippen molar-refractivity contribution < 1.29 is 14.3 Å². The molecular weight excluding hydrogens is 330 g/mol. The molecule has 8 heteroatoms. The third kappa shape index (κ3) is 5.54. The van der Waals surface area contributed by atoms with Gasteiger partial charge in [-0.25, -0.2) is 9.78 Å². The number of carbonyl (C=O) groups is 2. The zero-order valence-corrected chi connectivity index (χ0v) is 13.9. The van der Waals surface area contributed by atoms with Gasteiger partial charge in [-0.05, 0) is 24.6 Å². The number of hydrogen-bond donors (Lipinski definition) is 2. The number of H-pyrrole nitrogens is 1. The molecule has 24 heavy (non-hydrogen) atoms. The van der Waals surface area contributed by atoms with Gasteiger partial charge in [0.1, 0.15) is 0 Å². The second-order valence-corrected chi connectivity index (χ2v) is 5.76. The number of rotatable bonds is 7. The summed E-state index contributed by atoms with van der Waals surface area (Å²) in [4.78, 5) is 41.4. The van der Waals surface area contributed by atoms with E-state index in [0.29, 0.717) is 23.0 Å². The van der Waals surface area contributed by atoms with Gasteiger partial charge in [-0.1, -0.05) is 24.8 Å². The van der Waals surface area contributed by atoms with Crippen LogP contribution >= 0.6 is 11.8 Å². The van der Waals surface area contributed by atoms with Gasteiger partial charge in [0.15, 0.2) is 5.16 Å². The van der Waals surface area contributed by atoms with Gasteiger partial charge in [0, 0.05) is 18.0 Å². The van der Waals surface area contributed by atoms with E-state index in [-0.39, 0.29) is 17.2 Å². The SMILES string of the molecule is CCCOC(=O)c1cccc(NC(=O)CSc2nccc(=O)[nH]2)c1. The van der Waals surface area contributed by atoms with E-state index in [4.69, 9.17) is 4.74 Å². The molecule has 0 fully saturated rings. The first kappa shape index (κ1) is 17.7. The minimum absolute atomic E-state index is 0.0808. The van der Waals surface area contributed by atoms with Crippen molar-refractivity contribution in [3.05, 3.63) is 52.4 Å². The van der Waals surface area contributed by atoms with E-state index in [9.17, 15) is 14.4 Å². The molecule has 0 spiro atoms. The van der Waals surface area contributed by atoms with Crippen LogP contribution in [0, 0.1) is 0 Å². The predicted octanol–water partition coefficient (Wildman–Crippen LogP) is 2.07. The van der Waals surface area contributed by atoms with Crippen molar-refractivity contribution >= 4 is 29.3 Å². The molecule has 0 aliphatic carbocycles. The number of nitrogens with zero attached hydrogens (tertiary/aromatic N) is 1. The summed E-state index contributed by atoms with van der Waals surface area (Å²) in [6.45, 7) is 2.27. The fourth-order valence-corrected chi connectivity index (χ4v) is 2.41. The number of ether oxygens (including phenoxy) is 1. The van der Waals surface area contributed by atoms with Crippen molar-refractivity contribution in [1.82, 2.24) is 9.97 Å². The van der Waals surface area contributed by atoms with Crippen LogP contribution in [0.5, 0.6) is 0 Å². The van der Waals surface area contributed by atoms with Crippen LogP contribution < -0.4 is 10.9 Å². The molecule has 0 radical (unpaired) electrons. The molecule has 0 aliphatic heterocycles. The van der Waals surface area contributed by atoms with Gasteiger partial charge < -0.3 is 15.0 Å². The molecule has 0 bridgehead atoms. The predicted molar refractivity (Wildman–Crippen MR) is 91.2 cm³/mol. The highest BCUT2D eigenvalue weighted by Gasteiger charge is 2.09. The van der Waals surface area contributed by atoms with Gasteiger partial charge in [-0.2, -0.15) is 0 Å². The molecule has 0 aliphatic rings. The van der Waals surface area contributed by atoms with E-state index < -0.39 is 5.97 Å². The van der Waals surface area contributed by atoms with E-state index >= 15 is 0 Å². The summed E-state index contributed by atoms with van der Waals surface area (Å²) in [5.41, 5.74) is 0.607. The third-order valence-corrected chi connectivity index (χ3v) is 3.69. The Morgan fingerprint density at radius 1 is 1.33 bits per heavy atom. The fourth-order valence-electron chi connectivity index (χ4n) is 1.76. The number of aromatic amines is 1. The van der Waals surface area contributed by atoms with Gasteiger partial charge >= 0.3 is 5.97 Å². The molecule has 126 valence electrons. The molecule has 2 N–H and O–H groups in total. The third-order valence-electron chi connectivity index (χ3n) is 2.81. The van der Waals surface area contributed by atoms with Crippen LogP contribution in [0.25, 0.3) is 0 Å². The first-order valence-corrected chi connectivity index (χ1v) is 8.32. The highest BCUT2D eigenvalue weighted by Crippen LogP contribution is 2.14. The van der Waals surface area contributed by atoms with Crippen molar-refractivity contribution in [2.24, 2.45) is 0 Å². The lowest BCUT2D eigenvalue weighted by atomic mass is 10.2. The number of esters is 1. The normalized spacial score (nSPS) is 10.2. The molecule has 1 aromatic carbocycles. The molecule has 1 aromatic heterocycles. The molecular formula is C16H17N3O4S. The zero-order valence-electron chi connectivity index (χ0n) is 13.1. The number of carbonyl (C=O) groups excluding carboxylic acids is 2. The van der Waals surface area contributed by atoms with Gasteiger partial charge in [0.05, 0.1) is 17.9 Å². The lowest BCUT2D eigenvalue weighted by Gasteiger charge is -2.07. The number of benzene rings is 1. The summed E-state index contributed by atoms with van der Waals surface area (Å²) in [5.74, 6) is -0.615. The maximum atomic E-state index is 12.0. The van der Waals surface area contributed by atoms with Crippen LogP contribution in [0.15, 0.2) is 46.5 Å². The van der Waals surface area contributed by atoms with Gasteiger partial charge in [-0.3, -0.25) is 9.59 Å². The summed E-state index contributed by atoms with van der Waals surface area (Å²) in [7, 11) is 0. The minimum Gasteiger partial charge on any atom is -0.462 e. The van der Waals surface area contributed by atoms with Gasteiger partial charge in [0.2, 0.25) is 5.91 Å². The number of hydrogen-bond acceptors (Lipinski definition) is 6. The molecule has 1 heterocycles. The molecule has 0 saturated heterocycles. The number of amides is 1. The van der Waals surface area contributed by atoms with Crippen LogP contribution in [0.2, 0.25) is 0 Å². The second-order valence-electron chi connectivity index (χ2n) is 4.79. The standard InChI is InChI=1S/C16H17N3O4S/c1-2-8-23-15(22)11-4-3-5-12(9-11)18-14(21)10-24-16-17-7-6-13(20)19-16/h3-7,9H,2,8,10H2,1H3,(H,18,21)(H,17,19,20). The Hall–Kier alpha value is -2.61. The Morgan fingerprint density at radius 2 is 2.17 bits per heavy atom. The van der Waals surface area contributed by atoms with E-state index in [1.807, 2.05) is 6.92 Å². The van der Waals surface area contributed by atoms with E-state index in [1.165, 1.54) is 12.3 Å². The van der Waals surface area contributed by atoms with E-state index in [0.717, 1.165) is 18.2 Å². The van der Waals surface area contributed by atoms with Crippen LogP contribution in [-0.4, -0.2) is 34.2 Å². The number of anilines is 1. The molecule has 0 unspecified atom stereocenters. The number of aromatic nitrogens is 2. The average Bonchev–Trinajstić information content (AvgIpc) is 2.58. The molecule has 7 nitrogen and oxygen atoms in total. The van der Waals surface area contributed by atoms with E-state index in [2.05, 4.69) is 15.3 Å². The van der Waals surface area contributed by atoms with Crippen molar-refractivity contribution in [2.75, 3.05) is 17.7 Å². The highest BCUT2D eigenvalue weighted by molar-refractivity contribution is 7.99. The Bertz CT molecular complexity index is 776. The topological polar surface area (TPSA) is 101 Å². The summed E-state index contributed by atoms with van der Waals surface area (Å²) in [6.07, 6.45) is 2.12. The van der Waals surface area contributed by atoms with Crippen molar-refractivity contribution in [3.8, 4) is 0 Å². The van der Waals surface area contributed by atoms with Crippen molar-refractivity contribution in [1.29, 1.82) is 0 Å². The first-order chi connectivity index (χ1) is 11.6. The molecule has 0 saturated carbocycles. The molecule has 0 atom stereocenters. The number of nitrogens with one attached hydrogen (secondary N) is 2.